The SMILES string of the molecule is CC(=O)Nc1cccc(-n2cnnc2SCc2noc(-c3ccsc3)n2)c1. The Balaban J connectivity index is 1.49. The van der Waals surface area contributed by atoms with Gasteiger partial charge in [-0.25, -0.2) is 0 Å². The Morgan fingerprint density at radius 2 is 2.30 bits per heavy atom. The molecule has 4 rings (SSSR count). The topological polar surface area (TPSA) is 98.7 Å². The zero-order chi connectivity index (χ0) is 18.6. The zero-order valence-corrected chi connectivity index (χ0v) is 15.8. The molecule has 0 aliphatic rings. The molecule has 136 valence electrons. The predicted octanol–water partition coefficient (Wildman–Crippen LogP) is 3.63. The molecule has 0 saturated carbocycles. The van der Waals surface area contributed by atoms with Crippen molar-refractivity contribution >= 4 is 34.7 Å². The van der Waals surface area contributed by atoms with Gasteiger partial charge in [-0.3, -0.25) is 9.36 Å². The Bertz CT molecular complexity index is 1060. The molecule has 1 aromatic carbocycles. The summed E-state index contributed by atoms with van der Waals surface area (Å²) in [7, 11) is 0. The Hall–Kier alpha value is -2.98. The van der Waals surface area contributed by atoms with E-state index >= 15 is 0 Å². The Kier molecular flexibility index (Phi) is 4.99. The summed E-state index contributed by atoms with van der Waals surface area (Å²) in [5, 5.41) is 19.5. The molecule has 8 nitrogen and oxygen atoms in total. The summed E-state index contributed by atoms with van der Waals surface area (Å²) in [6, 6.07) is 9.40. The second-order valence-corrected chi connectivity index (χ2v) is 7.25. The van der Waals surface area contributed by atoms with E-state index < -0.39 is 0 Å². The van der Waals surface area contributed by atoms with Crippen molar-refractivity contribution in [3.8, 4) is 17.1 Å². The van der Waals surface area contributed by atoms with Gasteiger partial charge in [-0.1, -0.05) is 23.0 Å². The minimum absolute atomic E-state index is 0.121. The smallest absolute Gasteiger partial charge is 0.258 e. The summed E-state index contributed by atoms with van der Waals surface area (Å²) in [4.78, 5) is 15.7. The largest absolute Gasteiger partial charge is 0.334 e. The molecule has 0 aliphatic carbocycles. The summed E-state index contributed by atoms with van der Waals surface area (Å²) < 4.78 is 7.14. The number of rotatable bonds is 6. The third kappa shape index (κ3) is 4.07. The maximum atomic E-state index is 11.3. The number of amides is 1. The summed E-state index contributed by atoms with van der Waals surface area (Å²) in [5.74, 6) is 1.47. The first-order valence-electron chi connectivity index (χ1n) is 7.95. The lowest BCUT2D eigenvalue weighted by Gasteiger charge is -2.08. The van der Waals surface area contributed by atoms with Crippen molar-refractivity contribution in [3.63, 3.8) is 0 Å². The standard InChI is InChI=1S/C17H14N6O2S2/c1-11(24)19-13-3-2-4-14(7-13)23-10-18-21-17(23)27-9-15-20-16(25-22-15)12-5-6-26-8-12/h2-8,10H,9H2,1H3,(H,19,24). The quantitative estimate of drug-likeness (QED) is 0.495. The molecular formula is C17H14N6O2S2. The lowest BCUT2D eigenvalue weighted by atomic mass is 10.2. The average molecular weight is 398 g/mol. The fourth-order valence-corrected chi connectivity index (χ4v) is 3.78. The highest BCUT2D eigenvalue weighted by Gasteiger charge is 2.13. The molecule has 0 aliphatic heterocycles. The Labute approximate surface area is 162 Å². The van der Waals surface area contributed by atoms with E-state index in [1.807, 2.05) is 45.7 Å². The highest BCUT2D eigenvalue weighted by atomic mass is 32.2. The molecule has 1 N–H and O–H groups in total. The second-order valence-electron chi connectivity index (χ2n) is 5.53. The van der Waals surface area contributed by atoms with Gasteiger partial charge in [0.15, 0.2) is 11.0 Å². The summed E-state index contributed by atoms with van der Waals surface area (Å²) in [6.07, 6.45) is 1.63. The molecule has 27 heavy (non-hydrogen) atoms. The first kappa shape index (κ1) is 17.4. The van der Waals surface area contributed by atoms with Crippen molar-refractivity contribution in [1.82, 2.24) is 24.9 Å². The highest BCUT2D eigenvalue weighted by molar-refractivity contribution is 7.98. The van der Waals surface area contributed by atoms with Crippen LogP contribution in [0.15, 0.2) is 57.1 Å². The van der Waals surface area contributed by atoms with Crippen LogP contribution in [0.25, 0.3) is 17.1 Å². The first-order valence-corrected chi connectivity index (χ1v) is 9.88. The number of aromatic nitrogens is 5. The lowest BCUT2D eigenvalue weighted by molar-refractivity contribution is -0.114. The molecule has 4 aromatic rings. The van der Waals surface area contributed by atoms with Gasteiger partial charge >= 0.3 is 0 Å². The molecule has 3 heterocycles. The van der Waals surface area contributed by atoms with E-state index in [2.05, 4.69) is 25.7 Å². The van der Waals surface area contributed by atoms with E-state index in [4.69, 9.17) is 4.52 Å². The number of thiophene rings is 1. The fourth-order valence-electron chi connectivity index (χ4n) is 2.38. The first-order chi connectivity index (χ1) is 13.2. The number of hydrogen-bond acceptors (Lipinski definition) is 8. The van der Waals surface area contributed by atoms with Crippen LogP contribution in [0.1, 0.15) is 12.7 Å². The summed E-state index contributed by atoms with van der Waals surface area (Å²) >= 11 is 3.03. The van der Waals surface area contributed by atoms with Crippen LogP contribution in [0.5, 0.6) is 0 Å². The molecule has 1 amide bonds. The third-order valence-electron chi connectivity index (χ3n) is 3.53. The van der Waals surface area contributed by atoms with E-state index in [1.165, 1.54) is 18.7 Å². The molecular weight excluding hydrogens is 384 g/mol. The maximum Gasteiger partial charge on any atom is 0.258 e. The van der Waals surface area contributed by atoms with Gasteiger partial charge in [0.05, 0.1) is 17.0 Å². The van der Waals surface area contributed by atoms with Crippen molar-refractivity contribution in [1.29, 1.82) is 0 Å². The van der Waals surface area contributed by atoms with Gasteiger partial charge in [0.25, 0.3) is 5.89 Å². The van der Waals surface area contributed by atoms with E-state index in [-0.39, 0.29) is 5.91 Å². The second kappa shape index (κ2) is 7.72. The highest BCUT2D eigenvalue weighted by Crippen LogP contribution is 2.25. The average Bonchev–Trinajstić information content (AvgIpc) is 3.39. The molecule has 0 bridgehead atoms. The van der Waals surface area contributed by atoms with E-state index in [1.54, 1.807) is 17.7 Å². The third-order valence-corrected chi connectivity index (χ3v) is 5.15. The molecule has 3 aromatic heterocycles. The summed E-state index contributed by atoms with van der Waals surface area (Å²) in [6.45, 7) is 1.47. The molecule has 0 saturated heterocycles. The monoisotopic (exact) mass is 398 g/mol. The normalized spacial score (nSPS) is 10.9. The molecule has 0 atom stereocenters. The number of nitrogens with one attached hydrogen (secondary N) is 1. The molecule has 10 heteroatoms. The minimum atomic E-state index is -0.121. The van der Waals surface area contributed by atoms with Crippen LogP contribution in [-0.4, -0.2) is 30.8 Å². The van der Waals surface area contributed by atoms with Gasteiger partial charge < -0.3 is 9.84 Å². The van der Waals surface area contributed by atoms with Gasteiger partial charge in [0, 0.05) is 18.0 Å². The molecule has 0 spiro atoms. The number of anilines is 1. The van der Waals surface area contributed by atoms with Crippen LogP contribution in [0, 0.1) is 0 Å². The number of carbonyl (C=O) groups excluding carboxylic acids is 1. The zero-order valence-electron chi connectivity index (χ0n) is 14.2. The van der Waals surface area contributed by atoms with Crippen LogP contribution in [0.4, 0.5) is 5.69 Å². The number of hydrogen-bond donors (Lipinski definition) is 1. The summed E-state index contributed by atoms with van der Waals surface area (Å²) in [5.41, 5.74) is 2.48. The van der Waals surface area contributed by atoms with Gasteiger partial charge in [-0.15, -0.1) is 10.2 Å². The van der Waals surface area contributed by atoms with Crippen molar-refractivity contribution in [3.05, 3.63) is 53.2 Å². The predicted molar refractivity (Wildman–Crippen MR) is 103 cm³/mol. The number of benzene rings is 1. The molecule has 0 unspecified atom stereocenters. The van der Waals surface area contributed by atoms with Crippen molar-refractivity contribution in [2.75, 3.05) is 5.32 Å². The number of nitrogens with zero attached hydrogens (tertiary/aromatic N) is 5. The van der Waals surface area contributed by atoms with E-state index in [0.717, 1.165) is 11.3 Å². The van der Waals surface area contributed by atoms with Crippen molar-refractivity contribution < 1.29 is 9.32 Å². The maximum absolute atomic E-state index is 11.3. The Morgan fingerprint density at radius 1 is 1.37 bits per heavy atom. The van der Waals surface area contributed by atoms with Gasteiger partial charge in [0.2, 0.25) is 5.91 Å². The van der Waals surface area contributed by atoms with Crippen LogP contribution in [0.2, 0.25) is 0 Å². The molecule has 0 fully saturated rings. The number of carbonyl (C=O) groups is 1. The minimum Gasteiger partial charge on any atom is -0.334 e. The Morgan fingerprint density at radius 3 is 3.11 bits per heavy atom. The van der Waals surface area contributed by atoms with Crippen LogP contribution < -0.4 is 5.32 Å². The van der Waals surface area contributed by atoms with Gasteiger partial charge in [-0.05, 0) is 29.6 Å². The van der Waals surface area contributed by atoms with E-state index in [0.29, 0.717) is 28.3 Å². The van der Waals surface area contributed by atoms with Crippen LogP contribution >= 0.6 is 23.1 Å². The van der Waals surface area contributed by atoms with Crippen molar-refractivity contribution in [2.45, 2.75) is 17.8 Å². The van der Waals surface area contributed by atoms with Crippen LogP contribution in [0.3, 0.4) is 0 Å². The van der Waals surface area contributed by atoms with Gasteiger partial charge in [-0.2, -0.15) is 16.3 Å². The fraction of sp³-hybridized carbons (Fsp3) is 0.118. The lowest BCUT2D eigenvalue weighted by Crippen LogP contribution is -2.06. The molecule has 0 radical (unpaired) electrons. The number of thioether (sulfide) groups is 1. The van der Waals surface area contributed by atoms with Crippen molar-refractivity contribution in [2.24, 2.45) is 0 Å². The van der Waals surface area contributed by atoms with Gasteiger partial charge in [0.1, 0.15) is 6.33 Å². The van der Waals surface area contributed by atoms with E-state index in [9.17, 15) is 4.79 Å². The van der Waals surface area contributed by atoms with Crippen LogP contribution in [-0.2, 0) is 10.5 Å².